The van der Waals surface area contributed by atoms with E-state index in [1.165, 1.54) is 19.3 Å². The van der Waals surface area contributed by atoms with Gasteiger partial charge in [-0.1, -0.05) is 44.2 Å². The number of rotatable bonds is 10. The van der Waals surface area contributed by atoms with Crippen LogP contribution in [0.4, 0.5) is 0 Å². The second-order valence-corrected chi connectivity index (χ2v) is 4.80. The Morgan fingerprint density at radius 2 is 1.81 bits per heavy atom. The zero-order chi connectivity index (χ0) is 12.2. The fourth-order valence-electron chi connectivity index (χ4n) is 1.53. The van der Waals surface area contributed by atoms with E-state index in [0.29, 0.717) is 6.42 Å². The van der Waals surface area contributed by atoms with Crippen LogP contribution in [0.3, 0.4) is 0 Å². The Bertz CT molecular complexity index is 174. The number of halogens is 2. The van der Waals surface area contributed by atoms with E-state index in [2.05, 4.69) is 11.7 Å². The molecule has 0 heterocycles. The maximum atomic E-state index is 11.0. The molecule has 0 rings (SSSR count). The van der Waals surface area contributed by atoms with Gasteiger partial charge in [-0.25, -0.2) is 0 Å². The molecule has 0 N–H and O–H groups in total. The molecule has 1 unspecified atom stereocenters. The lowest BCUT2D eigenvalue weighted by Gasteiger charge is -2.08. The molecule has 0 radical (unpaired) electrons. The average Bonchev–Trinajstić information content (AvgIpc) is 2.25. The Morgan fingerprint density at radius 3 is 2.38 bits per heavy atom. The molecule has 16 heavy (non-hydrogen) atoms. The summed E-state index contributed by atoms with van der Waals surface area (Å²) in [5.74, 6) is -0.216. The van der Waals surface area contributed by atoms with Gasteiger partial charge in [0.2, 0.25) is 0 Å². The highest BCUT2D eigenvalue weighted by atomic mass is 35.5. The molecule has 0 aromatic rings. The van der Waals surface area contributed by atoms with Crippen molar-refractivity contribution in [1.82, 2.24) is 0 Å². The molecule has 0 amide bonds. The van der Waals surface area contributed by atoms with Gasteiger partial charge in [0.15, 0.2) is 6.07 Å². The average molecular weight is 269 g/mol. The maximum absolute atomic E-state index is 11.0. The Kier molecular flexibility index (Phi) is 11.6. The van der Waals surface area contributed by atoms with Crippen LogP contribution in [-0.2, 0) is 9.53 Å². The molecule has 0 saturated carbocycles. The number of carbonyl (C=O) groups excluding carboxylic acids is 1. The van der Waals surface area contributed by atoms with Gasteiger partial charge < -0.3 is 4.74 Å². The number of esters is 1. The van der Waals surface area contributed by atoms with E-state index in [9.17, 15) is 4.79 Å². The van der Waals surface area contributed by atoms with Crippen LogP contribution < -0.4 is 0 Å². The van der Waals surface area contributed by atoms with E-state index >= 15 is 0 Å². The summed E-state index contributed by atoms with van der Waals surface area (Å²) in [6.07, 6.45) is 8.04. The summed E-state index contributed by atoms with van der Waals surface area (Å²) in [7, 11) is 0. The predicted molar refractivity (Wildman–Crippen MR) is 69.1 cm³/mol. The SMILES string of the molecule is CCCCCC(Cl)CCCCC(=O)OCCl. The molecular weight excluding hydrogens is 247 g/mol. The van der Waals surface area contributed by atoms with Crippen molar-refractivity contribution in [3.05, 3.63) is 0 Å². The quantitative estimate of drug-likeness (QED) is 0.332. The molecule has 0 aliphatic heterocycles. The number of unbranched alkanes of at least 4 members (excludes halogenated alkanes) is 3. The van der Waals surface area contributed by atoms with Crippen molar-refractivity contribution in [2.75, 3.05) is 6.07 Å². The van der Waals surface area contributed by atoms with Crippen LogP contribution >= 0.6 is 23.2 Å². The standard InChI is InChI=1S/C12H22Cl2O2/c1-2-3-4-7-11(14)8-5-6-9-12(15)16-10-13/h11H,2-10H2,1H3. The molecule has 0 aromatic carbocycles. The third-order valence-corrected chi connectivity index (χ3v) is 3.03. The van der Waals surface area contributed by atoms with Gasteiger partial charge in [0.25, 0.3) is 0 Å². The van der Waals surface area contributed by atoms with E-state index in [1.807, 2.05) is 0 Å². The van der Waals surface area contributed by atoms with Gasteiger partial charge in [-0.3, -0.25) is 4.79 Å². The lowest BCUT2D eigenvalue weighted by molar-refractivity contribution is -0.141. The van der Waals surface area contributed by atoms with Gasteiger partial charge in [0.05, 0.1) is 0 Å². The molecule has 0 saturated heterocycles. The van der Waals surface area contributed by atoms with Gasteiger partial charge in [-0.15, -0.1) is 11.6 Å². The first-order valence-corrected chi connectivity index (χ1v) is 7.03. The zero-order valence-electron chi connectivity index (χ0n) is 10.0. The monoisotopic (exact) mass is 268 g/mol. The van der Waals surface area contributed by atoms with Crippen molar-refractivity contribution in [3.63, 3.8) is 0 Å². The summed E-state index contributed by atoms with van der Waals surface area (Å²) in [6.45, 7) is 2.19. The van der Waals surface area contributed by atoms with Crippen molar-refractivity contribution >= 4 is 29.2 Å². The lowest BCUT2D eigenvalue weighted by Crippen LogP contribution is -2.03. The van der Waals surface area contributed by atoms with Crippen molar-refractivity contribution in [3.8, 4) is 0 Å². The van der Waals surface area contributed by atoms with Crippen molar-refractivity contribution in [2.24, 2.45) is 0 Å². The Labute approximate surface area is 109 Å². The minimum absolute atomic E-state index is 0.0476. The van der Waals surface area contributed by atoms with E-state index in [-0.39, 0.29) is 17.4 Å². The molecule has 96 valence electrons. The normalized spacial score (nSPS) is 12.4. The molecule has 1 atom stereocenters. The summed E-state index contributed by atoms with van der Waals surface area (Å²) in [4.78, 5) is 11.0. The fourth-order valence-corrected chi connectivity index (χ4v) is 1.96. The lowest BCUT2D eigenvalue weighted by atomic mass is 10.1. The summed E-state index contributed by atoms with van der Waals surface area (Å²) in [6, 6.07) is -0.0476. The van der Waals surface area contributed by atoms with Crippen LogP contribution in [0.2, 0.25) is 0 Å². The third-order valence-electron chi connectivity index (χ3n) is 2.48. The van der Waals surface area contributed by atoms with Crippen LogP contribution in [0.15, 0.2) is 0 Å². The molecule has 0 aliphatic rings. The molecule has 0 aliphatic carbocycles. The first-order chi connectivity index (χ1) is 7.70. The molecule has 4 heteroatoms. The molecule has 2 nitrogen and oxygen atoms in total. The predicted octanol–water partition coefficient (Wildman–Crippen LogP) is 4.47. The third kappa shape index (κ3) is 10.6. The Hall–Kier alpha value is 0.0500. The first kappa shape index (κ1) is 16.1. The highest BCUT2D eigenvalue weighted by Gasteiger charge is 2.06. The van der Waals surface area contributed by atoms with Crippen LogP contribution in [-0.4, -0.2) is 17.4 Å². The van der Waals surface area contributed by atoms with E-state index in [1.54, 1.807) is 0 Å². The maximum Gasteiger partial charge on any atom is 0.306 e. The Balaban J connectivity index is 3.26. The number of carbonyl (C=O) groups is 1. The molecule has 0 fully saturated rings. The Morgan fingerprint density at radius 1 is 1.19 bits per heavy atom. The molecular formula is C12H22Cl2O2. The van der Waals surface area contributed by atoms with Gasteiger partial charge in [-0.2, -0.15) is 0 Å². The van der Waals surface area contributed by atoms with Gasteiger partial charge in [0.1, 0.15) is 0 Å². The summed E-state index contributed by atoms with van der Waals surface area (Å²) < 4.78 is 4.62. The second-order valence-electron chi connectivity index (χ2n) is 3.96. The fraction of sp³-hybridized carbons (Fsp3) is 0.917. The number of alkyl halides is 2. The summed E-state index contributed by atoms with van der Waals surface area (Å²) >= 11 is 11.4. The van der Waals surface area contributed by atoms with E-state index in [4.69, 9.17) is 23.2 Å². The van der Waals surface area contributed by atoms with E-state index < -0.39 is 0 Å². The number of ether oxygens (including phenoxy) is 1. The smallest absolute Gasteiger partial charge is 0.306 e. The summed E-state index contributed by atoms with van der Waals surface area (Å²) in [5, 5.41) is 0.260. The molecule has 0 bridgehead atoms. The van der Waals surface area contributed by atoms with Gasteiger partial charge >= 0.3 is 5.97 Å². The van der Waals surface area contributed by atoms with E-state index in [0.717, 1.165) is 25.7 Å². The van der Waals surface area contributed by atoms with Crippen molar-refractivity contribution in [1.29, 1.82) is 0 Å². The second kappa shape index (κ2) is 11.5. The van der Waals surface area contributed by atoms with Crippen LogP contribution in [0.25, 0.3) is 0 Å². The molecule has 0 aromatic heterocycles. The topological polar surface area (TPSA) is 26.3 Å². The van der Waals surface area contributed by atoms with Crippen LogP contribution in [0.1, 0.15) is 58.3 Å². The van der Waals surface area contributed by atoms with Gasteiger partial charge in [0, 0.05) is 11.8 Å². The number of hydrogen-bond donors (Lipinski definition) is 0. The highest BCUT2D eigenvalue weighted by Crippen LogP contribution is 2.16. The first-order valence-electron chi connectivity index (χ1n) is 6.06. The minimum Gasteiger partial charge on any atom is -0.449 e. The minimum atomic E-state index is -0.216. The number of hydrogen-bond acceptors (Lipinski definition) is 2. The summed E-state index contributed by atoms with van der Waals surface area (Å²) in [5.41, 5.74) is 0. The molecule has 0 spiro atoms. The van der Waals surface area contributed by atoms with Crippen molar-refractivity contribution in [2.45, 2.75) is 63.7 Å². The highest BCUT2D eigenvalue weighted by molar-refractivity contribution is 6.20. The van der Waals surface area contributed by atoms with Crippen LogP contribution in [0, 0.1) is 0 Å². The largest absolute Gasteiger partial charge is 0.449 e. The van der Waals surface area contributed by atoms with Crippen LogP contribution in [0.5, 0.6) is 0 Å². The van der Waals surface area contributed by atoms with Gasteiger partial charge in [-0.05, 0) is 19.3 Å². The zero-order valence-corrected chi connectivity index (χ0v) is 11.5. The van der Waals surface area contributed by atoms with Crippen molar-refractivity contribution < 1.29 is 9.53 Å².